The monoisotopic (exact) mass is 190 g/mol. The fourth-order valence-electron chi connectivity index (χ4n) is 2.07. The molecule has 1 aliphatic rings. The Morgan fingerprint density at radius 3 is 3.21 bits per heavy atom. The molecule has 2 heterocycles. The SMILES string of the molecule is Cc1ccncc1[C@H]1CCCN1C=O. The lowest BCUT2D eigenvalue weighted by Crippen LogP contribution is -2.21. The van der Waals surface area contributed by atoms with Gasteiger partial charge in [-0.05, 0) is 37.0 Å². The van der Waals surface area contributed by atoms with Crippen molar-refractivity contribution in [1.29, 1.82) is 0 Å². The molecule has 0 N–H and O–H groups in total. The summed E-state index contributed by atoms with van der Waals surface area (Å²) >= 11 is 0. The van der Waals surface area contributed by atoms with Crippen molar-refractivity contribution in [2.45, 2.75) is 25.8 Å². The molecular weight excluding hydrogens is 176 g/mol. The van der Waals surface area contributed by atoms with E-state index in [1.165, 1.54) is 11.1 Å². The van der Waals surface area contributed by atoms with Crippen molar-refractivity contribution in [2.75, 3.05) is 6.54 Å². The Morgan fingerprint density at radius 2 is 2.50 bits per heavy atom. The van der Waals surface area contributed by atoms with Gasteiger partial charge in [0.25, 0.3) is 0 Å². The highest BCUT2D eigenvalue weighted by Gasteiger charge is 2.25. The summed E-state index contributed by atoms with van der Waals surface area (Å²) in [6.45, 7) is 2.95. The first-order valence-corrected chi connectivity index (χ1v) is 4.94. The first-order chi connectivity index (χ1) is 6.83. The fraction of sp³-hybridized carbons (Fsp3) is 0.455. The Bertz CT molecular complexity index is 338. The van der Waals surface area contributed by atoms with Crippen LogP contribution in [0.25, 0.3) is 0 Å². The molecule has 3 heteroatoms. The standard InChI is InChI=1S/C11H14N2O/c1-9-4-5-12-7-10(9)11-3-2-6-13(11)8-14/h4-5,7-8,11H,2-3,6H2,1H3/t11-/m1/s1. The van der Waals surface area contributed by atoms with Crippen LogP contribution in [0.3, 0.4) is 0 Å². The van der Waals surface area contributed by atoms with Gasteiger partial charge in [-0.25, -0.2) is 0 Å². The number of aromatic nitrogens is 1. The first kappa shape index (κ1) is 9.19. The van der Waals surface area contributed by atoms with E-state index >= 15 is 0 Å². The van der Waals surface area contributed by atoms with E-state index in [2.05, 4.69) is 11.9 Å². The minimum Gasteiger partial charge on any atom is -0.338 e. The molecule has 2 rings (SSSR count). The van der Waals surface area contributed by atoms with Gasteiger partial charge in [-0.15, -0.1) is 0 Å². The van der Waals surface area contributed by atoms with E-state index in [0.717, 1.165) is 25.8 Å². The largest absolute Gasteiger partial charge is 0.338 e. The zero-order valence-electron chi connectivity index (χ0n) is 8.31. The number of carbonyl (C=O) groups is 1. The molecule has 1 aromatic rings. The first-order valence-electron chi connectivity index (χ1n) is 4.94. The van der Waals surface area contributed by atoms with Crippen molar-refractivity contribution in [2.24, 2.45) is 0 Å². The third-order valence-electron chi connectivity index (χ3n) is 2.87. The van der Waals surface area contributed by atoms with Crippen LogP contribution in [0.2, 0.25) is 0 Å². The average molecular weight is 190 g/mol. The van der Waals surface area contributed by atoms with Crippen molar-refractivity contribution in [1.82, 2.24) is 9.88 Å². The normalized spacial score (nSPS) is 21.2. The van der Waals surface area contributed by atoms with Crippen LogP contribution in [0.5, 0.6) is 0 Å². The summed E-state index contributed by atoms with van der Waals surface area (Å²) in [5, 5.41) is 0. The van der Waals surface area contributed by atoms with Crippen molar-refractivity contribution in [3.05, 3.63) is 29.6 Å². The highest BCUT2D eigenvalue weighted by atomic mass is 16.1. The molecule has 0 aliphatic carbocycles. The number of rotatable bonds is 2. The number of carbonyl (C=O) groups excluding carboxylic acids is 1. The molecule has 1 aromatic heterocycles. The van der Waals surface area contributed by atoms with Crippen molar-refractivity contribution in [3.63, 3.8) is 0 Å². The van der Waals surface area contributed by atoms with Crippen LogP contribution >= 0.6 is 0 Å². The van der Waals surface area contributed by atoms with Gasteiger partial charge in [0.15, 0.2) is 0 Å². The number of nitrogens with zero attached hydrogens (tertiary/aromatic N) is 2. The molecule has 0 aromatic carbocycles. The van der Waals surface area contributed by atoms with E-state index in [-0.39, 0.29) is 6.04 Å². The number of amides is 1. The Labute approximate surface area is 83.8 Å². The van der Waals surface area contributed by atoms with E-state index in [1.54, 1.807) is 6.20 Å². The summed E-state index contributed by atoms with van der Waals surface area (Å²) in [6.07, 6.45) is 6.77. The summed E-state index contributed by atoms with van der Waals surface area (Å²) < 4.78 is 0. The molecule has 0 bridgehead atoms. The summed E-state index contributed by atoms with van der Waals surface area (Å²) in [4.78, 5) is 16.8. The summed E-state index contributed by atoms with van der Waals surface area (Å²) in [5.74, 6) is 0. The van der Waals surface area contributed by atoms with E-state index in [9.17, 15) is 4.79 Å². The number of pyridine rings is 1. The smallest absolute Gasteiger partial charge is 0.210 e. The minimum atomic E-state index is 0.251. The molecule has 0 saturated carbocycles. The average Bonchev–Trinajstić information content (AvgIpc) is 2.66. The van der Waals surface area contributed by atoms with E-state index in [0.29, 0.717) is 0 Å². The zero-order valence-corrected chi connectivity index (χ0v) is 8.31. The van der Waals surface area contributed by atoms with E-state index in [1.807, 2.05) is 17.2 Å². The van der Waals surface area contributed by atoms with Crippen LogP contribution < -0.4 is 0 Å². The van der Waals surface area contributed by atoms with Gasteiger partial charge in [-0.3, -0.25) is 9.78 Å². The lowest BCUT2D eigenvalue weighted by atomic mass is 10.0. The maximum absolute atomic E-state index is 10.8. The molecule has 1 saturated heterocycles. The fourth-order valence-corrected chi connectivity index (χ4v) is 2.07. The molecule has 1 aliphatic heterocycles. The molecular formula is C11H14N2O. The molecule has 1 amide bonds. The van der Waals surface area contributed by atoms with Crippen LogP contribution in [0.4, 0.5) is 0 Å². The molecule has 0 radical (unpaired) electrons. The predicted molar refractivity (Wildman–Crippen MR) is 53.7 cm³/mol. The maximum atomic E-state index is 10.8. The Morgan fingerprint density at radius 1 is 1.64 bits per heavy atom. The van der Waals surface area contributed by atoms with Crippen LogP contribution in [-0.4, -0.2) is 22.8 Å². The summed E-state index contributed by atoms with van der Waals surface area (Å²) in [5.41, 5.74) is 2.41. The summed E-state index contributed by atoms with van der Waals surface area (Å²) in [6, 6.07) is 2.25. The van der Waals surface area contributed by atoms with Gasteiger partial charge in [-0.2, -0.15) is 0 Å². The number of hydrogen-bond acceptors (Lipinski definition) is 2. The van der Waals surface area contributed by atoms with Crippen LogP contribution in [0.1, 0.15) is 30.0 Å². The van der Waals surface area contributed by atoms with Crippen LogP contribution in [0, 0.1) is 6.92 Å². The predicted octanol–water partition coefficient (Wildman–Crippen LogP) is 1.68. The zero-order chi connectivity index (χ0) is 9.97. The molecule has 1 atom stereocenters. The Hall–Kier alpha value is -1.38. The summed E-state index contributed by atoms with van der Waals surface area (Å²) in [7, 11) is 0. The second kappa shape index (κ2) is 3.78. The van der Waals surface area contributed by atoms with Gasteiger partial charge < -0.3 is 4.90 Å². The van der Waals surface area contributed by atoms with Gasteiger partial charge in [0.05, 0.1) is 6.04 Å². The second-order valence-electron chi connectivity index (χ2n) is 3.73. The third kappa shape index (κ3) is 1.50. The van der Waals surface area contributed by atoms with Gasteiger partial charge in [0.2, 0.25) is 6.41 Å². The number of hydrogen-bond donors (Lipinski definition) is 0. The Balaban J connectivity index is 2.30. The maximum Gasteiger partial charge on any atom is 0.210 e. The molecule has 74 valence electrons. The van der Waals surface area contributed by atoms with Gasteiger partial charge in [-0.1, -0.05) is 0 Å². The molecule has 0 spiro atoms. The van der Waals surface area contributed by atoms with Crippen molar-refractivity contribution < 1.29 is 4.79 Å². The van der Waals surface area contributed by atoms with Crippen LogP contribution in [0.15, 0.2) is 18.5 Å². The van der Waals surface area contributed by atoms with E-state index < -0.39 is 0 Å². The molecule has 14 heavy (non-hydrogen) atoms. The molecule has 0 unspecified atom stereocenters. The molecule has 1 fully saturated rings. The highest BCUT2D eigenvalue weighted by Crippen LogP contribution is 2.31. The third-order valence-corrected chi connectivity index (χ3v) is 2.87. The highest BCUT2D eigenvalue weighted by molar-refractivity contribution is 5.50. The lowest BCUT2D eigenvalue weighted by Gasteiger charge is -2.21. The van der Waals surface area contributed by atoms with Crippen molar-refractivity contribution in [3.8, 4) is 0 Å². The van der Waals surface area contributed by atoms with Gasteiger partial charge in [0.1, 0.15) is 0 Å². The molecule has 3 nitrogen and oxygen atoms in total. The topological polar surface area (TPSA) is 33.2 Å². The van der Waals surface area contributed by atoms with Crippen LogP contribution in [-0.2, 0) is 4.79 Å². The van der Waals surface area contributed by atoms with Crippen molar-refractivity contribution >= 4 is 6.41 Å². The number of aryl methyl sites for hydroxylation is 1. The van der Waals surface area contributed by atoms with Gasteiger partial charge >= 0.3 is 0 Å². The van der Waals surface area contributed by atoms with E-state index in [4.69, 9.17) is 0 Å². The quantitative estimate of drug-likeness (QED) is 0.665. The second-order valence-corrected chi connectivity index (χ2v) is 3.73. The lowest BCUT2D eigenvalue weighted by molar-refractivity contribution is -0.118. The number of likely N-dealkylation sites (tertiary alicyclic amines) is 1. The minimum absolute atomic E-state index is 0.251. The van der Waals surface area contributed by atoms with Gasteiger partial charge in [0, 0.05) is 18.9 Å². The Kier molecular flexibility index (Phi) is 2.48.